The Bertz CT molecular complexity index is 1400. The van der Waals surface area contributed by atoms with Gasteiger partial charge in [0, 0.05) is 95.7 Å². The molecule has 1 aromatic heterocycles. The zero-order valence-electron chi connectivity index (χ0n) is 35.9. The van der Waals surface area contributed by atoms with E-state index < -0.39 is 0 Å². The number of amides is 1. The van der Waals surface area contributed by atoms with E-state index in [1.165, 1.54) is 43.9 Å². The van der Waals surface area contributed by atoms with E-state index in [2.05, 4.69) is 149 Å². The number of aromatic nitrogens is 1. The van der Waals surface area contributed by atoms with Gasteiger partial charge in [0.05, 0.1) is 6.54 Å². The van der Waals surface area contributed by atoms with E-state index in [-0.39, 0.29) is 29.6 Å². The van der Waals surface area contributed by atoms with Crippen molar-refractivity contribution in [3.63, 3.8) is 0 Å². The highest BCUT2D eigenvalue weighted by Gasteiger charge is 2.22. The van der Waals surface area contributed by atoms with Crippen LogP contribution >= 0.6 is 0 Å². The first-order chi connectivity index (χ1) is 24.9. The summed E-state index contributed by atoms with van der Waals surface area (Å²) in [6, 6.07) is 12.5. The van der Waals surface area contributed by atoms with Gasteiger partial charge >= 0.3 is 0 Å². The lowest BCUT2D eigenvalue weighted by Gasteiger charge is -2.35. The van der Waals surface area contributed by atoms with Crippen molar-refractivity contribution in [2.45, 2.75) is 101 Å². The fourth-order valence-corrected chi connectivity index (χ4v) is 6.55. The predicted molar refractivity (Wildman–Crippen MR) is 233 cm³/mol. The first-order valence-electron chi connectivity index (χ1n) is 20.4. The number of pyridine rings is 1. The number of piperazine rings is 3. The van der Waals surface area contributed by atoms with Gasteiger partial charge in [0.2, 0.25) is 0 Å². The van der Waals surface area contributed by atoms with Crippen molar-refractivity contribution < 1.29 is 4.79 Å². The molecule has 3 fully saturated rings. The summed E-state index contributed by atoms with van der Waals surface area (Å²) in [6.07, 6.45) is 2.03. The third kappa shape index (κ3) is 16.0. The van der Waals surface area contributed by atoms with Gasteiger partial charge in [-0.05, 0) is 80.6 Å². The Morgan fingerprint density at radius 2 is 1.02 bits per heavy atom. The van der Waals surface area contributed by atoms with Gasteiger partial charge in [-0.1, -0.05) is 99.8 Å². The molecule has 1 aromatic carbocycles. The summed E-state index contributed by atoms with van der Waals surface area (Å²) in [5.74, 6) is 7.87. The topological polar surface area (TPSA) is 49.4 Å². The van der Waals surface area contributed by atoms with Gasteiger partial charge in [-0.25, -0.2) is 4.98 Å². The van der Waals surface area contributed by atoms with Crippen molar-refractivity contribution in [2.75, 3.05) is 110 Å². The number of anilines is 1. The minimum absolute atomic E-state index is 0. The smallest absolute Gasteiger partial charge is 0.253 e. The quantitative estimate of drug-likeness (QED) is 0.283. The summed E-state index contributed by atoms with van der Waals surface area (Å²) in [7, 11) is 0. The van der Waals surface area contributed by atoms with E-state index >= 15 is 0 Å². The van der Waals surface area contributed by atoms with E-state index in [9.17, 15) is 4.79 Å². The average molecular weight is 746 g/mol. The number of rotatable bonds is 6. The molecule has 0 saturated carbocycles. The van der Waals surface area contributed by atoms with E-state index in [0.29, 0.717) is 0 Å². The standard InChI is InChI=1S/C17H26N2O.C15H25N3.C13H24N2.CH4/c1-5-18-10-12-19(13-11-18)16(20)14-6-8-15(9-7-14)17(2,3)4;1-5-17-8-10-18(11-9-17)14-7-6-13(12-16-14)15(2,3)4;1-5-14-9-11-15(12-10-14)8-6-7-13(2,3)4;/h6-9H,5,10-13H2,1-4H3;6-7,12H,5,8-11H2,1-4H3;5,8-12H2,1-4H3;1H4. The fourth-order valence-electron chi connectivity index (χ4n) is 6.55. The van der Waals surface area contributed by atoms with Crippen molar-refractivity contribution >= 4 is 11.7 Å². The maximum absolute atomic E-state index is 12.5. The van der Waals surface area contributed by atoms with Crippen LogP contribution in [-0.2, 0) is 10.8 Å². The summed E-state index contributed by atoms with van der Waals surface area (Å²) in [5, 5.41) is 0. The molecule has 5 rings (SSSR count). The molecular weight excluding hydrogens is 667 g/mol. The van der Waals surface area contributed by atoms with Crippen molar-refractivity contribution in [2.24, 2.45) is 5.41 Å². The first kappa shape index (κ1) is 47.2. The molecule has 0 N–H and O–H groups in total. The molecule has 3 saturated heterocycles. The van der Waals surface area contributed by atoms with Crippen LogP contribution < -0.4 is 4.90 Å². The highest BCUT2D eigenvalue weighted by Crippen LogP contribution is 2.24. The predicted octanol–water partition coefficient (Wildman–Crippen LogP) is 7.59. The molecule has 2 aromatic rings. The Labute approximate surface area is 332 Å². The summed E-state index contributed by atoms with van der Waals surface area (Å²) < 4.78 is 0. The van der Waals surface area contributed by atoms with Gasteiger partial charge in [-0.15, -0.1) is 0 Å². The lowest BCUT2D eigenvalue weighted by molar-refractivity contribution is 0.0643. The van der Waals surface area contributed by atoms with Crippen LogP contribution in [0.3, 0.4) is 0 Å². The number of likely N-dealkylation sites (N-methyl/N-ethyl adjacent to an activating group) is 3. The van der Waals surface area contributed by atoms with Gasteiger partial charge in [-0.3, -0.25) is 9.69 Å². The number of nitrogens with zero attached hydrogens (tertiary/aromatic N) is 7. The molecule has 8 nitrogen and oxygen atoms in total. The molecule has 4 heterocycles. The number of hydrogen-bond acceptors (Lipinski definition) is 7. The second kappa shape index (κ2) is 22.0. The van der Waals surface area contributed by atoms with Crippen LogP contribution in [0.2, 0.25) is 0 Å². The molecular formula is C46H79N7O. The molecule has 8 heteroatoms. The van der Waals surface area contributed by atoms with Gasteiger partial charge in [-0.2, -0.15) is 0 Å². The van der Waals surface area contributed by atoms with Crippen molar-refractivity contribution in [3.8, 4) is 11.8 Å². The molecule has 0 radical (unpaired) electrons. The number of carbonyl (C=O) groups is 1. The van der Waals surface area contributed by atoms with Crippen LogP contribution in [-0.4, -0.2) is 140 Å². The fraction of sp³-hybridized carbons (Fsp3) is 0.696. The largest absolute Gasteiger partial charge is 0.354 e. The average Bonchev–Trinajstić information content (AvgIpc) is 3.14. The van der Waals surface area contributed by atoms with Crippen LogP contribution in [0.5, 0.6) is 0 Å². The molecule has 0 bridgehead atoms. The van der Waals surface area contributed by atoms with E-state index in [0.717, 1.165) is 83.4 Å². The van der Waals surface area contributed by atoms with Crippen LogP contribution in [0.4, 0.5) is 5.82 Å². The summed E-state index contributed by atoms with van der Waals surface area (Å²) >= 11 is 0. The molecule has 3 aliphatic heterocycles. The second-order valence-corrected chi connectivity index (χ2v) is 17.9. The first-order valence-corrected chi connectivity index (χ1v) is 20.4. The second-order valence-electron chi connectivity index (χ2n) is 17.9. The summed E-state index contributed by atoms with van der Waals surface area (Å²) in [5.41, 5.74) is 3.85. The molecule has 0 unspecified atom stereocenters. The zero-order valence-corrected chi connectivity index (χ0v) is 35.9. The maximum Gasteiger partial charge on any atom is 0.253 e. The third-order valence-electron chi connectivity index (χ3n) is 10.5. The van der Waals surface area contributed by atoms with Crippen LogP contribution in [0.1, 0.15) is 112 Å². The molecule has 1 amide bonds. The number of benzene rings is 1. The lowest BCUT2D eigenvalue weighted by atomic mass is 9.86. The normalized spacial score (nSPS) is 17.9. The Morgan fingerprint density at radius 1 is 0.593 bits per heavy atom. The van der Waals surface area contributed by atoms with Crippen LogP contribution in [0.15, 0.2) is 42.6 Å². The van der Waals surface area contributed by atoms with Crippen molar-refractivity contribution in [1.82, 2.24) is 29.5 Å². The number of carbonyl (C=O) groups excluding carboxylic acids is 1. The third-order valence-corrected chi connectivity index (χ3v) is 10.5. The minimum atomic E-state index is 0. The molecule has 304 valence electrons. The number of hydrogen-bond donors (Lipinski definition) is 0. The van der Waals surface area contributed by atoms with Crippen molar-refractivity contribution in [3.05, 3.63) is 59.3 Å². The van der Waals surface area contributed by atoms with Gasteiger partial charge in [0.1, 0.15) is 5.82 Å². The molecule has 3 aliphatic rings. The Balaban J connectivity index is 0.000000281. The SMILES string of the molecule is C.CCN1CCN(C(=O)c2ccc(C(C)(C)C)cc2)CC1.CCN1CCN(CC#CC(C)(C)C)CC1.CCN1CCN(c2ccc(C(C)(C)C)cn2)CC1. The highest BCUT2D eigenvalue weighted by molar-refractivity contribution is 5.94. The van der Waals surface area contributed by atoms with E-state index in [4.69, 9.17) is 0 Å². The Morgan fingerprint density at radius 3 is 1.43 bits per heavy atom. The monoisotopic (exact) mass is 746 g/mol. The van der Waals surface area contributed by atoms with E-state index in [1.807, 2.05) is 23.2 Å². The molecule has 54 heavy (non-hydrogen) atoms. The maximum atomic E-state index is 12.5. The Hall–Kier alpha value is -2.96. The molecule has 0 spiro atoms. The van der Waals surface area contributed by atoms with Gasteiger partial charge in [0.15, 0.2) is 0 Å². The van der Waals surface area contributed by atoms with Gasteiger partial charge in [0.25, 0.3) is 5.91 Å². The Kier molecular flexibility index (Phi) is 19.2. The molecule has 0 atom stereocenters. The van der Waals surface area contributed by atoms with Crippen LogP contribution in [0.25, 0.3) is 0 Å². The zero-order chi connectivity index (χ0) is 39.2. The minimum Gasteiger partial charge on any atom is -0.354 e. The van der Waals surface area contributed by atoms with Gasteiger partial charge < -0.3 is 24.5 Å². The molecule has 0 aliphatic carbocycles. The van der Waals surface area contributed by atoms with E-state index in [1.54, 1.807) is 0 Å². The lowest BCUT2D eigenvalue weighted by Crippen LogP contribution is -2.48. The summed E-state index contributed by atoms with van der Waals surface area (Å²) in [6.45, 7) is 43.6. The highest BCUT2D eigenvalue weighted by atomic mass is 16.2. The van der Waals surface area contributed by atoms with Crippen LogP contribution in [0, 0.1) is 17.3 Å². The summed E-state index contributed by atoms with van der Waals surface area (Å²) in [4.78, 5) is 31.3. The van der Waals surface area contributed by atoms with Crippen molar-refractivity contribution in [1.29, 1.82) is 0 Å².